The molecule has 1 aromatic rings. The van der Waals surface area contributed by atoms with Crippen LogP contribution in [-0.2, 0) is 4.79 Å². The number of aliphatic hydroxyl groups excluding tert-OH is 1. The van der Waals surface area contributed by atoms with Crippen molar-refractivity contribution in [1.29, 1.82) is 0 Å². The van der Waals surface area contributed by atoms with Crippen molar-refractivity contribution in [3.8, 4) is 0 Å². The van der Waals surface area contributed by atoms with Crippen LogP contribution in [0.4, 0.5) is 0 Å². The zero-order valence-corrected chi connectivity index (χ0v) is 11.7. The number of carbonyl (C=O) groups is 2. The molecule has 1 heterocycles. The predicted molar refractivity (Wildman–Crippen MR) is 76.7 cm³/mol. The lowest BCUT2D eigenvalue weighted by Gasteiger charge is -2.25. The van der Waals surface area contributed by atoms with E-state index in [4.69, 9.17) is 5.11 Å². The maximum atomic E-state index is 12.0. The molecule has 0 aromatic carbocycles. The normalized spacial score (nSPS) is 22.9. The van der Waals surface area contributed by atoms with Gasteiger partial charge in [0.1, 0.15) is 0 Å². The molecule has 1 aliphatic rings. The molecule has 0 spiro atoms. The molecule has 0 unspecified atom stereocenters. The third-order valence-electron chi connectivity index (χ3n) is 3.30. The second kappa shape index (κ2) is 6.67. The highest BCUT2D eigenvalue weighted by atomic mass is 32.1. The van der Waals surface area contributed by atoms with Crippen LogP contribution in [0.15, 0.2) is 17.5 Å². The fraction of sp³-hybridized carbons (Fsp3) is 0.429. The average Bonchev–Trinajstić information content (AvgIpc) is 2.88. The zero-order chi connectivity index (χ0) is 14.5. The Kier molecular flexibility index (Phi) is 4.92. The maximum absolute atomic E-state index is 12.0. The summed E-state index contributed by atoms with van der Waals surface area (Å²) in [5, 5.41) is 22.6. The van der Waals surface area contributed by atoms with E-state index in [1.807, 2.05) is 0 Å². The first-order valence-corrected chi connectivity index (χ1v) is 7.41. The van der Waals surface area contributed by atoms with E-state index in [0.717, 1.165) is 36.6 Å². The van der Waals surface area contributed by atoms with Gasteiger partial charge in [-0.15, -0.1) is 11.3 Å². The summed E-state index contributed by atoms with van der Waals surface area (Å²) in [6, 6.07) is 1.79. The number of aliphatic carboxylic acids is 1. The molecule has 0 atom stereocenters. The van der Waals surface area contributed by atoms with Gasteiger partial charge in [-0.1, -0.05) is 0 Å². The molecule has 1 aliphatic carbocycles. The van der Waals surface area contributed by atoms with Gasteiger partial charge in [-0.25, -0.2) is 4.79 Å². The van der Waals surface area contributed by atoms with Gasteiger partial charge in [0.25, 0.3) is 5.91 Å². The van der Waals surface area contributed by atoms with Crippen LogP contribution in [0.1, 0.15) is 40.9 Å². The van der Waals surface area contributed by atoms with E-state index in [1.54, 1.807) is 11.4 Å². The van der Waals surface area contributed by atoms with Crippen molar-refractivity contribution in [2.24, 2.45) is 0 Å². The van der Waals surface area contributed by atoms with Crippen molar-refractivity contribution in [2.45, 2.75) is 37.8 Å². The van der Waals surface area contributed by atoms with Crippen LogP contribution in [-0.4, -0.2) is 34.2 Å². The van der Waals surface area contributed by atoms with Crippen molar-refractivity contribution in [2.75, 3.05) is 0 Å². The molecule has 1 saturated carbocycles. The summed E-state index contributed by atoms with van der Waals surface area (Å²) >= 11 is 1.33. The molecule has 3 N–H and O–H groups in total. The molecule has 1 aromatic heterocycles. The number of nitrogens with one attached hydrogen (secondary N) is 1. The smallest absolute Gasteiger partial charge is 0.328 e. The van der Waals surface area contributed by atoms with Crippen LogP contribution < -0.4 is 5.32 Å². The average molecular weight is 295 g/mol. The highest BCUT2D eigenvalue weighted by molar-refractivity contribution is 7.11. The molecule has 1 amide bonds. The van der Waals surface area contributed by atoms with Gasteiger partial charge in [0, 0.05) is 22.4 Å². The lowest BCUT2D eigenvalue weighted by Crippen LogP contribution is -2.38. The van der Waals surface area contributed by atoms with Crippen LogP contribution >= 0.6 is 11.3 Å². The standard InChI is InChI=1S/C14H17NO4S/c16-11-3-1-10(2-4-11)15-14(19)9-7-12(20-8-9)5-6-13(17)18/h5-8,10-11,16H,1-4H2,(H,15,19)(H,17,18)/b6-5+. The summed E-state index contributed by atoms with van der Waals surface area (Å²) in [7, 11) is 0. The molecular weight excluding hydrogens is 278 g/mol. The second-order valence-corrected chi connectivity index (χ2v) is 5.83. The minimum absolute atomic E-state index is 0.115. The van der Waals surface area contributed by atoms with E-state index in [-0.39, 0.29) is 18.1 Å². The molecule has 0 radical (unpaired) electrons. The molecule has 5 nitrogen and oxygen atoms in total. The Morgan fingerprint density at radius 1 is 1.30 bits per heavy atom. The number of amides is 1. The summed E-state index contributed by atoms with van der Waals surface area (Å²) < 4.78 is 0. The number of hydrogen-bond donors (Lipinski definition) is 3. The van der Waals surface area contributed by atoms with Crippen LogP contribution in [0.5, 0.6) is 0 Å². The Balaban J connectivity index is 1.91. The quantitative estimate of drug-likeness (QED) is 0.740. The first-order valence-electron chi connectivity index (χ1n) is 6.53. The zero-order valence-electron chi connectivity index (χ0n) is 10.9. The molecule has 108 valence electrons. The largest absolute Gasteiger partial charge is 0.478 e. The lowest BCUT2D eigenvalue weighted by atomic mass is 9.93. The van der Waals surface area contributed by atoms with Gasteiger partial charge in [0.2, 0.25) is 0 Å². The van der Waals surface area contributed by atoms with Gasteiger partial charge in [-0.05, 0) is 37.8 Å². The molecule has 20 heavy (non-hydrogen) atoms. The Hall–Kier alpha value is -1.66. The van der Waals surface area contributed by atoms with Gasteiger partial charge in [-0.2, -0.15) is 0 Å². The number of carbonyl (C=O) groups excluding carboxylic acids is 1. The second-order valence-electron chi connectivity index (χ2n) is 4.89. The number of carboxylic acids is 1. The van der Waals surface area contributed by atoms with Crippen molar-refractivity contribution in [3.63, 3.8) is 0 Å². The molecule has 6 heteroatoms. The third kappa shape index (κ3) is 4.18. The topological polar surface area (TPSA) is 86.6 Å². The van der Waals surface area contributed by atoms with Gasteiger partial charge in [-0.3, -0.25) is 4.79 Å². The summed E-state index contributed by atoms with van der Waals surface area (Å²) in [6.07, 6.45) is 5.32. The Bertz CT molecular complexity index is 515. The fourth-order valence-corrected chi connectivity index (χ4v) is 2.98. The highest BCUT2D eigenvalue weighted by Gasteiger charge is 2.21. The minimum atomic E-state index is -1.01. The van der Waals surface area contributed by atoms with Crippen molar-refractivity contribution < 1.29 is 19.8 Å². The van der Waals surface area contributed by atoms with E-state index >= 15 is 0 Å². The summed E-state index contributed by atoms with van der Waals surface area (Å²) in [6.45, 7) is 0. The van der Waals surface area contributed by atoms with E-state index in [2.05, 4.69) is 5.32 Å². The summed E-state index contributed by atoms with van der Waals surface area (Å²) in [5.74, 6) is -1.15. The van der Waals surface area contributed by atoms with E-state index in [1.165, 1.54) is 17.4 Å². The Morgan fingerprint density at radius 2 is 2.00 bits per heavy atom. The molecule has 1 fully saturated rings. The minimum Gasteiger partial charge on any atom is -0.478 e. The van der Waals surface area contributed by atoms with Gasteiger partial charge in [0.05, 0.1) is 11.7 Å². The fourth-order valence-electron chi connectivity index (χ4n) is 2.20. The van der Waals surface area contributed by atoms with Crippen molar-refractivity contribution in [1.82, 2.24) is 5.32 Å². The number of hydrogen-bond acceptors (Lipinski definition) is 4. The maximum Gasteiger partial charge on any atom is 0.328 e. The number of rotatable bonds is 4. The van der Waals surface area contributed by atoms with Crippen LogP contribution in [0, 0.1) is 0 Å². The Labute approximate surface area is 120 Å². The summed E-state index contributed by atoms with van der Waals surface area (Å²) in [5.41, 5.74) is 0.547. The Morgan fingerprint density at radius 3 is 2.65 bits per heavy atom. The lowest BCUT2D eigenvalue weighted by molar-refractivity contribution is -0.131. The first kappa shape index (κ1) is 14.7. The van der Waals surface area contributed by atoms with Crippen molar-refractivity contribution in [3.05, 3.63) is 28.0 Å². The van der Waals surface area contributed by atoms with Crippen LogP contribution in [0.3, 0.4) is 0 Å². The van der Waals surface area contributed by atoms with E-state index in [0.29, 0.717) is 5.56 Å². The molecule has 0 bridgehead atoms. The summed E-state index contributed by atoms with van der Waals surface area (Å²) in [4.78, 5) is 23.2. The molecule has 0 aliphatic heterocycles. The monoisotopic (exact) mass is 295 g/mol. The number of carboxylic acid groups (broad SMARTS) is 1. The van der Waals surface area contributed by atoms with Crippen LogP contribution in [0.25, 0.3) is 6.08 Å². The van der Waals surface area contributed by atoms with E-state index in [9.17, 15) is 14.7 Å². The van der Waals surface area contributed by atoms with E-state index < -0.39 is 5.97 Å². The van der Waals surface area contributed by atoms with Gasteiger partial charge < -0.3 is 15.5 Å². The third-order valence-corrected chi connectivity index (χ3v) is 4.20. The van der Waals surface area contributed by atoms with Gasteiger partial charge in [0.15, 0.2) is 0 Å². The number of aliphatic hydroxyl groups is 1. The van der Waals surface area contributed by atoms with Crippen molar-refractivity contribution >= 4 is 29.3 Å². The first-order chi connectivity index (χ1) is 9.54. The molecule has 0 saturated heterocycles. The SMILES string of the molecule is O=C(O)/C=C/c1cc(C(=O)NC2CCC(O)CC2)cs1. The molecular formula is C14H17NO4S. The number of thiophene rings is 1. The highest BCUT2D eigenvalue weighted by Crippen LogP contribution is 2.20. The molecule has 2 rings (SSSR count). The van der Waals surface area contributed by atoms with Gasteiger partial charge >= 0.3 is 5.97 Å². The van der Waals surface area contributed by atoms with Crippen LogP contribution in [0.2, 0.25) is 0 Å². The predicted octanol–water partition coefficient (Wildman–Crippen LogP) is 1.88.